The van der Waals surface area contributed by atoms with Gasteiger partial charge in [-0.25, -0.2) is 9.80 Å². The average molecular weight is 263 g/mol. The number of hydrogen-bond donors (Lipinski definition) is 2. The van der Waals surface area contributed by atoms with Crippen molar-refractivity contribution in [3.8, 4) is 0 Å². The van der Waals surface area contributed by atoms with Crippen LogP contribution in [0.3, 0.4) is 0 Å². The van der Waals surface area contributed by atoms with Gasteiger partial charge in [-0.15, -0.1) is 0 Å². The van der Waals surface area contributed by atoms with Crippen LogP contribution in [0.15, 0.2) is 30.3 Å². The second-order valence-corrected chi connectivity index (χ2v) is 4.39. The first-order valence-corrected chi connectivity index (χ1v) is 6.47. The van der Waals surface area contributed by atoms with Crippen LogP contribution >= 0.6 is 0 Å². The number of carbonyl (C=O) groups is 2. The standard InChI is InChI=1S/C14H21N3O2/c1-4-8-11(2)13(18)16-17(14(19)15-3)12-9-6-5-7-10-12/h5-7,9-11H,4,8H2,1-3H3,(H,15,19)(H,16,18). The molecule has 0 heterocycles. The Balaban J connectivity index is 2.82. The van der Waals surface area contributed by atoms with Gasteiger partial charge in [0, 0.05) is 13.0 Å². The van der Waals surface area contributed by atoms with E-state index >= 15 is 0 Å². The Labute approximate surface area is 114 Å². The van der Waals surface area contributed by atoms with Gasteiger partial charge in [0.15, 0.2) is 0 Å². The monoisotopic (exact) mass is 263 g/mol. The van der Waals surface area contributed by atoms with Crippen molar-refractivity contribution >= 4 is 17.6 Å². The van der Waals surface area contributed by atoms with Gasteiger partial charge in [-0.2, -0.15) is 0 Å². The van der Waals surface area contributed by atoms with Crippen molar-refractivity contribution in [3.63, 3.8) is 0 Å². The van der Waals surface area contributed by atoms with Crippen molar-refractivity contribution in [1.82, 2.24) is 10.7 Å². The highest BCUT2D eigenvalue weighted by Crippen LogP contribution is 2.12. The molecule has 0 saturated heterocycles. The number of anilines is 1. The molecule has 5 nitrogen and oxygen atoms in total. The second-order valence-electron chi connectivity index (χ2n) is 4.39. The van der Waals surface area contributed by atoms with E-state index in [2.05, 4.69) is 10.7 Å². The molecule has 1 rings (SSSR count). The molecule has 1 unspecified atom stereocenters. The molecule has 0 radical (unpaired) electrons. The number of carbonyl (C=O) groups excluding carboxylic acids is 2. The highest BCUT2D eigenvalue weighted by Gasteiger charge is 2.20. The summed E-state index contributed by atoms with van der Waals surface area (Å²) in [5.41, 5.74) is 3.27. The highest BCUT2D eigenvalue weighted by molar-refractivity contribution is 5.95. The van der Waals surface area contributed by atoms with Crippen LogP contribution < -0.4 is 15.8 Å². The van der Waals surface area contributed by atoms with Gasteiger partial charge in [-0.1, -0.05) is 38.5 Å². The number of para-hydroxylation sites is 1. The van der Waals surface area contributed by atoms with Crippen LogP contribution in [-0.2, 0) is 4.79 Å². The zero-order valence-corrected chi connectivity index (χ0v) is 11.6. The van der Waals surface area contributed by atoms with Crippen molar-refractivity contribution in [2.45, 2.75) is 26.7 Å². The van der Waals surface area contributed by atoms with E-state index in [-0.39, 0.29) is 17.9 Å². The van der Waals surface area contributed by atoms with Gasteiger partial charge >= 0.3 is 6.03 Å². The molecule has 19 heavy (non-hydrogen) atoms. The maximum absolute atomic E-state index is 12.0. The minimum atomic E-state index is -0.372. The van der Waals surface area contributed by atoms with Gasteiger partial charge in [-0.3, -0.25) is 10.2 Å². The van der Waals surface area contributed by atoms with Crippen LogP contribution in [0.5, 0.6) is 0 Å². The van der Waals surface area contributed by atoms with Crippen molar-refractivity contribution < 1.29 is 9.59 Å². The molecule has 1 aromatic rings. The van der Waals surface area contributed by atoms with E-state index in [1.165, 1.54) is 12.1 Å². The molecule has 104 valence electrons. The van der Waals surface area contributed by atoms with Gasteiger partial charge in [0.1, 0.15) is 0 Å². The third-order valence-corrected chi connectivity index (χ3v) is 2.82. The lowest BCUT2D eigenvalue weighted by Gasteiger charge is -2.24. The van der Waals surface area contributed by atoms with Crippen LogP contribution in [0.25, 0.3) is 0 Å². The Bertz CT molecular complexity index is 420. The zero-order chi connectivity index (χ0) is 14.3. The SMILES string of the molecule is CCCC(C)C(=O)NN(C(=O)NC)c1ccccc1. The summed E-state index contributed by atoms with van der Waals surface area (Å²) in [6, 6.07) is 8.63. The van der Waals surface area contributed by atoms with E-state index in [4.69, 9.17) is 0 Å². The van der Waals surface area contributed by atoms with E-state index < -0.39 is 0 Å². The molecule has 3 amide bonds. The van der Waals surface area contributed by atoms with Crippen LogP contribution in [-0.4, -0.2) is 19.0 Å². The van der Waals surface area contributed by atoms with Crippen LogP contribution in [0.2, 0.25) is 0 Å². The molecule has 0 bridgehead atoms. The Hall–Kier alpha value is -2.04. The minimum absolute atomic E-state index is 0.124. The van der Waals surface area contributed by atoms with Gasteiger partial charge in [0.2, 0.25) is 5.91 Å². The summed E-state index contributed by atoms with van der Waals surface area (Å²) < 4.78 is 0. The number of nitrogens with one attached hydrogen (secondary N) is 2. The third kappa shape index (κ3) is 4.28. The third-order valence-electron chi connectivity index (χ3n) is 2.82. The van der Waals surface area contributed by atoms with E-state index in [0.717, 1.165) is 12.8 Å². The van der Waals surface area contributed by atoms with Crippen LogP contribution in [0, 0.1) is 5.92 Å². The topological polar surface area (TPSA) is 61.4 Å². The molecule has 0 aliphatic heterocycles. The Morgan fingerprint density at radius 3 is 2.42 bits per heavy atom. The van der Waals surface area contributed by atoms with Crippen molar-refractivity contribution in [2.75, 3.05) is 12.1 Å². The Morgan fingerprint density at radius 2 is 1.89 bits per heavy atom. The molecule has 0 fully saturated rings. The van der Waals surface area contributed by atoms with E-state index in [9.17, 15) is 9.59 Å². The summed E-state index contributed by atoms with van der Waals surface area (Å²) in [4.78, 5) is 23.8. The molecule has 0 aromatic heterocycles. The number of benzene rings is 1. The fourth-order valence-electron chi connectivity index (χ4n) is 1.71. The molecule has 1 atom stereocenters. The van der Waals surface area contributed by atoms with Crippen molar-refractivity contribution in [3.05, 3.63) is 30.3 Å². The quantitative estimate of drug-likeness (QED) is 0.819. The number of amides is 3. The van der Waals surface area contributed by atoms with Crippen LogP contribution in [0.4, 0.5) is 10.5 Å². The molecule has 0 aliphatic carbocycles. The fourth-order valence-corrected chi connectivity index (χ4v) is 1.71. The molecule has 0 saturated carbocycles. The first kappa shape index (κ1) is 15.0. The molecule has 1 aromatic carbocycles. The zero-order valence-electron chi connectivity index (χ0n) is 11.6. The minimum Gasteiger partial charge on any atom is -0.339 e. The van der Waals surface area contributed by atoms with E-state index in [0.29, 0.717) is 5.69 Å². The Morgan fingerprint density at radius 1 is 1.26 bits per heavy atom. The van der Waals surface area contributed by atoms with Crippen LogP contribution in [0.1, 0.15) is 26.7 Å². The number of hydrazine groups is 1. The lowest BCUT2D eigenvalue weighted by Crippen LogP contribution is -2.51. The lowest BCUT2D eigenvalue weighted by molar-refractivity contribution is -0.124. The summed E-state index contributed by atoms with van der Waals surface area (Å²) in [6.45, 7) is 3.88. The Kier molecular flexibility index (Phi) is 5.85. The average Bonchev–Trinajstić information content (AvgIpc) is 2.44. The van der Waals surface area contributed by atoms with Gasteiger partial charge in [0.25, 0.3) is 0 Å². The normalized spacial score (nSPS) is 11.5. The number of urea groups is 1. The van der Waals surface area contributed by atoms with Gasteiger partial charge < -0.3 is 5.32 Å². The lowest BCUT2D eigenvalue weighted by atomic mass is 10.1. The fraction of sp³-hybridized carbons (Fsp3) is 0.429. The van der Waals surface area contributed by atoms with Crippen molar-refractivity contribution in [2.24, 2.45) is 5.92 Å². The maximum Gasteiger partial charge on any atom is 0.340 e. The summed E-state index contributed by atoms with van der Waals surface area (Å²) in [6.07, 6.45) is 1.72. The second kappa shape index (κ2) is 7.41. The summed E-state index contributed by atoms with van der Waals surface area (Å²) in [5, 5.41) is 3.74. The summed E-state index contributed by atoms with van der Waals surface area (Å²) in [5.74, 6) is -0.282. The first-order valence-electron chi connectivity index (χ1n) is 6.47. The highest BCUT2D eigenvalue weighted by atomic mass is 16.2. The number of hydrogen-bond acceptors (Lipinski definition) is 2. The smallest absolute Gasteiger partial charge is 0.339 e. The van der Waals surface area contributed by atoms with Crippen molar-refractivity contribution in [1.29, 1.82) is 0 Å². The van der Waals surface area contributed by atoms with Gasteiger partial charge in [-0.05, 0) is 18.6 Å². The molecular formula is C14H21N3O2. The molecule has 5 heteroatoms. The molecule has 0 aliphatic rings. The number of rotatable bonds is 4. The van der Waals surface area contributed by atoms with Gasteiger partial charge in [0.05, 0.1) is 5.69 Å². The molecular weight excluding hydrogens is 242 g/mol. The van der Waals surface area contributed by atoms with E-state index in [1.807, 2.05) is 32.0 Å². The molecule has 2 N–H and O–H groups in total. The largest absolute Gasteiger partial charge is 0.340 e. The summed E-state index contributed by atoms with van der Waals surface area (Å²) >= 11 is 0. The maximum atomic E-state index is 12.0. The first-order chi connectivity index (χ1) is 9.10. The number of nitrogens with zero attached hydrogens (tertiary/aromatic N) is 1. The molecule has 0 spiro atoms. The summed E-state index contributed by atoms with van der Waals surface area (Å²) in [7, 11) is 1.53. The van der Waals surface area contributed by atoms with E-state index in [1.54, 1.807) is 12.1 Å². The predicted molar refractivity (Wildman–Crippen MR) is 75.6 cm³/mol. The predicted octanol–water partition coefficient (Wildman–Crippen LogP) is 2.30.